The lowest BCUT2D eigenvalue weighted by molar-refractivity contribution is 0.254. The van der Waals surface area contributed by atoms with Crippen molar-refractivity contribution in [2.24, 2.45) is 0 Å². The molecule has 0 fully saturated rings. The van der Waals surface area contributed by atoms with Crippen molar-refractivity contribution >= 4 is 5.65 Å². The van der Waals surface area contributed by atoms with Gasteiger partial charge in [-0.1, -0.05) is 48.9 Å². The third kappa shape index (κ3) is 4.49. The molecule has 6 heteroatoms. The molecule has 4 aromatic rings. The van der Waals surface area contributed by atoms with Crippen molar-refractivity contribution in [2.75, 3.05) is 6.54 Å². The van der Waals surface area contributed by atoms with E-state index >= 15 is 0 Å². The minimum absolute atomic E-state index is 0.133. The molecule has 0 saturated carbocycles. The number of benzene rings is 2. The SMILES string of the molecule is CCCN(Cc1ccc(F)cc1)Cc1cc(=O)n2[nH]c(-c3ccc(C)cc3)cc2n1. The molecule has 0 amide bonds. The zero-order valence-corrected chi connectivity index (χ0v) is 17.2. The smallest absolute Gasteiger partial charge is 0.272 e. The molecule has 2 heterocycles. The molecule has 5 nitrogen and oxygen atoms in total. The summed E-state index contributed by atoms with van der Waals surface area (Å²) >= 11 is 0. The van der Waals surface area contributed by atoms with Crippen molar-refractivity contribution in [3.05, 3.63) is 93.7 Å². The first-order valence-corrected chi connectivity index (χ1v) is 10.2. The number of nitrogens with zero attached hydrogens (tertiary/aromatic N) is 3. The number of hydrogen-bond acceptors (Lipinski definition) is 3. The monoisotopic (exact) mass is 404 g/mol. The van der Waals surface area contributed by atoms with Gasteiger partial charge in [0.05, 0.1) is 11.4 Å². The molecular weight excluding hydrogens is 379 g/mol. The number of fused-ring (bicyclic) bond motifs is 1. The summed E-state index contributed by atoms with van der Waals surface area (Å²) < 4.78 is 14.7. The topological polar surface area (TPSA) is 53.4 Å². The van der Waals surface area contributed by atoms with E-state index in [-0.39, 0.29) is 11.4 Å². The molecule has 4 rings (SSSR count). The summed E-state index contributed by atoms with van der Waals surface area (Å²) in [6.45, 7) is 6.25. The van der Waals surface area contributed by atoms with Crippen LogP contribution in [0.3, 0.4) is 0 Å². The van der Waals surface area contributed by atoms with Crippen LogP contribution in [0, 0.1) is 12.7 Å². The number of rotatable bonds is 7. The van der Waals surface area contributed by atoms with Crippen LogP contribution in [-0.2, 0) is 13.1 Å². The maximum absolute atomic E-state index is 13.2. The molecule has 30 heavy (non-hydrogen) atoms. The summed E-state index contributed by atoms with van der Waals surface area (Å²) in [4.78, 5) is 19.6. The van der Waals surface area contributed by atoms with E-state index in [0.29, 0.717) is 18.7 Å². The zero-order chi connectivity index (χ0) is 21.1. The summed E-state index contributed by atoms with van der Waals surface area (Å²) in [6, 6.07) is 18.2. The molecular formula is C24H25FN4O. The number of hydrogen-bond donors (Lipinski definition) is 1. The Kier molecular flexibility index (Phi) is 5.77. The Hall–Kier alpha value is -3.25. The van der Waals surface area contributed by atoms with Gasteiger partial charge < -0.3 is 0 Å². The Morgan fingerprint density at radius 3 is 2.47 bits per heavy atom. The number of nitrogens with one attached hydrogen (secondary N) is 1. The quantitative estimate of drug-likeness (QED) is 0.492. The van der Waals surface area contributed by atoms with Gasteiger partial charge in [-0.3, -0.25) is 14.8 Å². The van der Waals surface area contributed by atoms with Crippen LogP contribution in [0.25, 0.3) is 16.9 Å². The first kappa shape index (κ1) is 20.0. The Balaban J connectivity index is 1.60. The average Bonchev–Trinajstić information content (AvgIpc) is 3.15. The van der Waals surface area contributed by atoms with Crippen LogP contribution in [-0.4, -0.2) is 26.0 Å². The normalized spacial score (nSPS) is 11.5. The predicted molar refractivity (Wildman–Crippen MR) is 117 cm³/mol. The molecule has 2 aromatic heterocycles. The van der Waals surface area contributed by atoms with E-state index in [1.807, 2.05) is 37.3 Å². The Bertz CT molecular complexity index is 1190. The van der Waals surface area contributed by atoms with Crippen molar-refractivity contribution in [3.8, 4) is 11.3 Å². The standard InChI is InChI=1S/C24H25FN4O/c1-3-12-28(15-18-6-10-20(25)11-7-18)16-21-13-24(30)29-23(26-21)14-22(27-29)19-8-4-17(2)5-9-19/h4-11,13-14,27H,3,12,15-16H2,1-2H3. The van der Waals surface area contributed by atoms with Crippen LogP contribution in [0.1, 0.15) is 30.2 Å². The predicted octanol–water partition coefficient (Wildman–Crippen LogP) is 4.55. The summed E-state index contributed by atoms with van der Waals surface area (Å²) in [7, 11) is 0. The van der Waals surface area contributed by atoms with Gasteiger partial charge in [0.1, 0.15) is 5.82 Å². The highest BCUT2D eigenvalue weighted by Gasteiger charge is 2.12. The van der Waals surface area contributed by atoms with E-state index in [1.54, 1.807) is 18.2 Å². The van der Waals surface area contributed by atoms with Gasteiger partial charge in [-0.05, 0) is 43.1 Å². The van der Waals surface area contributed by atoms with Crippen molar-refractivity contribution in [2.45, 2.75) is 33.4 Å². The van der Waals surface area contributed by atoms with E-state index in [1.165, 1.54) is 22.2 Å². The van der Waals surface area contributed by atoms with Gasteiger partial charge in [0.25, 0.3) is 5.56 Å². The van der Waals surface area contributed by atoms with Crippen molar-refractivity contribution in [3.63, 3.8) is 0 Å². The summed E-state index contributed by atoms with van der Waals surface area (Å²) in [6.07, 6.45) is 0.976. The van der Waals surface area contributed by atoms with Crippen LogP contribution in [0.4, 0.5) is 4.39 Å². The second-order valence-electron chi connectivity index (χ2n) is 7.65. The van der Waals surface area contributed by atoms with Gasteiger partial charge in [0.15, 0.2) is 5.65 Å². The lowest BCUT2D eigenvalue weighted by atomic mass is 10.1. The Morgan fingerprint density at radius 1 is 1.03 bits per heavy atom. The minimum atomic E-state index is -0.238. The summed E-state index contributed by atoms with van der Waals surface area (Å²) in [5.74, 6) is -0.238. The largest absolute Gasteiger partial charge is 0.293 e. The molecule has 0 aliphatic rings. The van der Waals surface area contributed by atoms with Gasteiger partial charge in [-0.2, -0.15) is 0 Å². The van der Waals surface area contributed by atoms with Crippen molar-refractivity contribution in [1.82, 2.24) is 19.5 Å². The Morgan fingerprint density at radius 2 is 1.77 bits per heavy atom. The molecule has 1 N–H and O–H groups in total. The number of aromatic nitrogens is 3. The van der Waals surface area contributed by atoms with Crippen molar-refractivity contribution in [1.29, 1.82) is 0 Å². The molecule has 0 bridgehead atoms. The molecule has 0 aliphatic heterocycles. The second kappa shape index (κ2) is 8.63. The fraction of sp³-hybridized carbons (Fsp3) is 0.250. The number of H-pyrrole nitrogens is 1. The van der Waals surface area contributed by atoms with Crippen LogP contribution >= 0.6 is 0 Å². The van der Waals surface area contributed by atoms with Gasteiger partial charge >= 0.3 is 0 Å². The van der Waals surface area contributed by atoms with Gasteiger partial charge in [0.2, 0.25) is 0 Å². The van der Waals surface area contributed by atoms with E-state index in [0.717, 1.165) is 35.5 Å². The average molecular weight is 404 g/mol. The van der Waals surface area contributed by atoms with E-state index in [9.17, 15) is 9.18 Å². The fourth-order valence-electron chi connectivity index (χ4n) is 3.61. The molecule has 2 aromatic carbocycles. The van der Waals surface area contributed by atoms with E-state index in [4.69, 9.17) is 4.98 Å². The third-order valence-corrected chi connectivity index (χ3v) is 5.11. The number of halogens is 1. The molecule has 0 unspecified atom stereocenters. The minimum Gasteiger partial charge on any atom is -0.293 e. The fourth-order valence-corrected chi connectivity index (χ4v) is 3.61. The van der Waals surface area contributed by atoms with Crippen LogP contribution in [0.2, 0.25) is 0 Å². The second-order valence-corrected chi connectivity index (χ2v) is 7.65. The van der Waals surface area contributed by atoms with Crippen LogP contribution in [0.5, 0.6) is 0 Å². The number of aromatic amines is 1. The molecule has 0 saturated heterocycles. The van der Waals surface area contributed by atoms with Crippen molar-refractivity contribution < 1.29 is 4.39 Å². The highest BCUT2D eigenvalue weighted by molar-refractivity contribution is 5.64. The zero-order valence-electron chi connectivity index (χ0n) is 17.2. The molecule has 154 valence electrons. The molecule has 0 aliphatic carbocycles. The summed E-state index contributed by atoms with van der Waals surface area (Å²) in [5.41, 5.74) is 5.28. The first-order chi connectivity index (χ1) is 14.5. The Labute approximate surface area is 174 Å². The lowest BCUT2D eigenvalue weighted by Gasteiger charge is -2.21. The lowest BCUT2D eigenvalue weighted by Crippen LogP contribution is -2.26. The molecule has 0 spiro atoms. The molecule has 0 radical (unpaired) electrons. The van der Waals surface area contributed by atoms with Crippen LogP contribution in [0.15, 0.2) is 65.5 Å². The first-order valence-electron chi connectivity index (χ1n) is 10.2. The van der Waals surface area contributed by atoms with Gasteiger partial charge in [-0.15, -0.1) is 0 Å². The third-order valence-electron chi connectivity index (χ3n) is 5.11. The molecule has 0 atom stereocenters. The van der Waals surface area contributed by atoms with E-state index < -0.39 is 0 Å². The number of aryl methyl sites for hydroxylation is 1. The van der Waals surface area contributed by atoms with Gasteiger partial charge in [-0.25, -0.2) is 13.9 Å². The van der Waals surface area contributed by atoms with Gasteiger partial charge in [0, 0.05) is 25.2 Å². The van der Waals surface area contributed by atoms with Crippen LogP contribution < -0.4 is 5.56 Å². The van der Waals surface area contributed by atoms with E-state index in [2.05, 4.69) is 16.9 Å². The maximum Gasteiger partial charge on any atom is 0.272 e. The maximum atomic E-state index is 13.2. The highest BCUT2D eigenvalue weighted by Crippen LogP contribution is 2.19. The highest BCUT2D eigenvalue weighted by atomic mass is 19.1. The summed E-state index contributed by atoms with van der Waals surface area (Å²) in [5, 5.41) is 3.14.